The molecule has 6 nitrogen and oxygen atoms in total. The van der Waals surface area contributed by atoms with E-state index in [1.54, 1.807) is 24.9 Å². The lowest BCUT2D eigenvalue weighted by atomic mass is 10.2. The molecule has 4 aromatic rings. The van der Waals surface area contributed by atoms with Crippen molar-refractivity contribution in [2.24, 2.45) is 20.0 Å². The third kappa shape index (κ3) is 4.94. The van der Waals surface area contributed by atoms with Crippen LogP contribution in [0.25, 0.3) is 0 Å². The summed E-state index contributed by atoms with van der Waals surface area (Å²) in [5, 5.41) is 0. The summed E-state index contributed by atoms with van der Waals surface area (Å²) in [6.45, 7) is 0. The first-order chi connectivity index (χ1) is 15.8. The molecule has 1 aliphatic heterocycles. The zero-order chi connectivity index (χ0) is 21.6. The minimum atomic E-state index is 0.747. The van der Waals surface area contributed by atoms with Crippen LogP contribution in [0, 0.1) is 0 Å². The quantitative estimate of drug-likeness (QED) is 0.321. The molecular weight excluding hydrogens is 396 g/mol. The lowest BCUT2D eigenvalue weighted by molar-refractivity contribution is 1.27. The number of benzene rings is 2. The van der Waals surface area contributed by atoms with Crippen LogP contribution in [0.5, 0.6) is 0 Å². The molecule has 2 aromatic heterocycles. The smallest absolute Gasteiger partial charge is 0.0820 e. The van der Waals surface area contributed by atoms with Crippen LogP contribution < -0.4 is 0 Å². The Morgan fingerprint density at radius 3 is 0.938 bits per heavy atom. The molecule has 0 saturated carbocycles. The van der Waals surface area contributed by atoms with Crippen molar-refractivity contribution in [2.75, 3.05) is 0 Å². The molecule has 0 fully saturated rings. The number of pyridine rings is 2. The SMILES string of the molecule is C1=N/c2cccc(c2)/N=C/c2cccc(n2)/C=N/c2cccc(c2)/N=C/c2cccc/1n2. The van der Waals surface area contributed by atoms with E-state index in [1.807, 2.05) is 84.9 Å². The predicted octanol–water partition coefficient (Wildman–Crippen LogP) is 5.79. The average molecular weight is 414 g/mol. The molecule has 0 unspecified atom stereocenters. The summed E-state index contributed by atoms with van der Waals surface area (Å²) < 4.78 is 0. The number of aliphatic imine (C=N–C) groups is 4. The van der Waals surface area contributed by atoms with Crippen LogP contribution in [0.2, 0.25) is 0 Å². The highest BCUT2D eigenvalue weighted by Crippen LogP contribution is 2.21. The maximum atomic E-state index is 4.59. The molecule has 8 bridgehead atoms. The molecule has 0 spiro atoms. The molecular formula is C26H18N6. The van der Waals surface area contributed by atoms with Crippen molar-refractivity contribution in [1.29, 1.82) is 0 Å². The van der Waals surface area contributed by atoms with Gasteiger partial charge < -0.3 is 0 Å². The predicted molar refractivity (Wildman–Crippen MR) is 130 cm³/mol. The highest BCUT2D eigenvalue weighted by molar-refractivity contribution is 5.86. The van der Waals surface area contributed by atoms with Crippen molar-refractivity contribution >= 4 is 47.6 Å². The van der Waals surface area contributed by atoms with E-state index in [0.717, 1.165) is 45.5 Å². The van der Waals surface area contributed by atoms with Crippen LogP contribution in [0.3, 0.4) is 0 Å². The van der Waals surface area contributed by atoms with Gasteiger partial charge in [-0.15, -0.1) is 0 Å². The van der Waals surface area contributed by atoms with Crippen molar-refractivity contribution in [1.82, 2.24) is 9.97 Å². The van der Waals surface area contributed by atoms with Crippen molar-refractivity contribution in [3.63, 3.8) is 0 Å². The molecule has 0 saturated heterocycles. The molecule has 0 aliphatic carbocycles. The molecule has 0 atom stereocenters. The Labute approximate surface area is 185 Å². The molecule has 32 heavy (non-hydrogen) atoms. The first kappa shape index (κ1) is 19.4. The van der Waals surface area contributed by atoms with Gasteiger partial charge in [0.1, 0.15) is 0 Å². The molecule has 0 amide bonds. The fraction of sp³-hybridized carbons (Fsp3) is 0. The minimum absolute atomic E-state index is 0.747. The summed E-state index contributed by atoms with van der Waals surface area (Å²) in [7, 11) is 0. The van der Waals surface area contributed by atoms with Gasteiger partial charge in [0.25, 0.3) is 0 Å². The lowest BCUT2D eigenvalue weighted by Crippen LogP contribution is -1.93. The second-order valence-electron chi connectivity index (χ2n) is 7.05. The van der Waals surface area contributed by atoms with Gasteiger partial charge in [-0.05, 0) is 60.7 Å². The van der Waals surface area contributed by atoms with E-state index in [0.29, 0.717) is 0 Å². The second kappa shape index (κ2) is 9.06. The topological polar surface area (TPSA) is 75.2 Å². The van der Waals surface area contributed by atoms with Crippen molar-refractivity contribution in [2.45, 2.75) is 0 Å². The Morgan fingerprint density at radius 1 is 0.344 bits per heavy atom. The fourth-order valence-corrected chi connectivity index (χ4v) is 3.10. The molecule has 152 valence electrons. The van der Waals surface area contributed by atoms with Gasteiger partial charge >= 0.3 is 0 Å². The number of hydrogen-bond donors (Lipinski definition) is 0. The van der Waals surface area contributed by atoms with E-state index in [2.05, 4.69) is 29.9 Å². The van der Waals surface area contributed by atoms with Crippen LogP contribution >= 0.6 is 0 Å². The zero-order valence-corrected chi connectivity index (χ0v) is 17.1. The van der Waals surface area contributed by atoms with Crippen molar-refractivity contribution in [3.8, 4) is 0 Å². The second-order valence-corrected chi connectivity index (χ2v) is 7.05. The maximum Gasteiger partial charge on any atom is 0.0820 e. The first-order valence-electron chi connectivity index (χ1n) is 10.1. The van der Waals surface area contributed by atoms with Gasteiger partial charge in [-0.1, -0.05) is 24.3 Å². The Hall–Kier alpha value is -4.58. The van der Waals surface area contributed by atoms with E-state index in [9.17, 15) is 0 Å². The highest BCUT2D eigenvalue weighted by Gasteiger charge is 1.99. The van der Waals surface area contributed by atoms with Gasteiger partial charge in [-0.3, -0.25) is 20.0 Å². The zero-order valence-electron chi connectivity index (χ0n) is 17.1. The molecule has 0 radical (unpaired) electrons. The number of nitrogens with zero attached hydrogens (tertiary/aromatic N) is 6. The average Bonchev–Trinajstić information content (AvgIpc) is 2.84. The Bertz CT molecular complexity index is 1090. The van der Waals surface area contributed by atoms with Crippen molar-refractivity contribution in [3.05, 3.63) is 108 Å². The minimum Gasteiger partial charge on any atom is -0.255 e. The highest BCUT2D eigenvalue weighted by atomic mass is 14.8. The molecule has 5 rings (SSSR count). The molecule has 3 heterocycles. The summed E-state index contributed by atoms with van der Waals surface area (Å²) in [4.78, 5) is 27.4. The number of fused-ring (bicyclic) bond motifs is 8. The van der Waals surface area contributed by atoms with Crippen LogP contribution in [-0.4, -0.2) is 34.8 Å². The van der Waals surface area contributed by atoms with Crippen molar-refractivity contribution < 1.29 is 0 Å². The van der Waals surface area contributed by atoms with Gasteiger partial charge in [-0.25, -0.2) is 9.97 Å². The Kier molecular flexibility index (Phi) is 5.49. The third-order valence-electron chi connectivity index (χ3n) is 4.63. The van der Waals surface area contributed by atoms with E-state index in [1.165, 1.54) is 0 Å². The van der Waals surface area contributed by atoms with Gasteiger partial charge in [0.15, 0.2) is 0 Å². The normalized spacial score (nSPS) is 16.5. The standard InChI is InChI=1S/C26H18N6/c1-5-19-13-20(6-1)28-16-24-10-4-12-26(32-24)18-30-22-8-2-7-21(14-22)29-17-25-11-3-9-23(31-25)15-27-19/h1-18H/b27-15+,28-16+,29-17+,30-18+. The lowest BCUT2D eigenvalue weighted by Gasteiger charge is -2.00. The van der Waals surface area contributed by atoms with Gasteiger partial charge in [-0.2, -0.15) is 0 Å². The summed E-state index contributed by atoms with van der Waals surface area (Å²) in [5.74, 6) is 0. The summed E-state index contributed by atoms with van der Waals surface area (Å²) in [6.07, 6.45) is 6.94. The Balaban J connectivity index is 1.58. The van der Waals surface area contributed by atoms with Crippen LogP contribution in [0.4, 0.5) is 22.7 Å². The number of aromatic nitrogens is 2. The first-order valence-corrected chi connectivity index (χ1v) is 10.1. The van der Waals surface area contributed by atoms with E-state index < -0.39 is 0 Å². The van der Waals surface area contributed by atoms with Crippen LogP contribution in [0.1, 0.15) is 22.8 Å². The van der Waals surface area contributed by atoms with E-state index in [-0.39, 0.29) is 0 Å². The maximum absolute atomic E-state index is 4.59. The molecule has 0 N–H and O–H groups in total. The summed E-state index contributed by atoms with van der Waals surface area (Å²) in [6, 6.07) is 26.9. The van der Waals surface area contributed by atoms with Gasteiger partial charge in [0.2, 0.25) is 0 Å². The third-order valence-corrected chi connectivity index (χ3v) is 4.63. The van der Waals surface area contributed by atoms with Crippen LogP contribution in [0.15, 0.2) is 105 Å². The molecule has 1 aliphatic rings. The van der Waals surface area contributed by atoms with Gasteiger partial charge in [0.05, 0.1) is 70.4 Å². The van der Waals surface area contributed by atoms with E-state index in [4.69, 9.17) is 0 Å². The summed E-state index contributed by atoms with van der Waals surface area (Å²) >= 11 is 0. The fourth-order valence-electron chi connectivity index (χ4n) is 3.10. The molecule has 2 aromatic carbocycles. The monoisotopic (exact) mass is 414 g/mol. The van der Waals surface area contributed by atoms with E-state index >= 15 is 0 Å². The number of rotatable bonds is 0. The van der Waals surface area contributed by atoms with Gasteiger partial charge in [0, 0.05) is 0 Å². The Morgan fingerprint density at radius 2 is 0.625 bits per heavy atom. The summed E-state index contributed by atoms with van der Waals surface area (Å²) in [5.41, 5.74) is 6.16. The largest absolute Gasteiger partial charge is 0.255 e. The molecule has 6 heteroatoms. The van der Waals surface area contributed by atoms with Crippen LogP contribution in [-0.2, 0) is 0 Å². The number of hydrogen-bond acceptors (Lipinski definition) is 6.